The van der Waals surface area contributed by atoms with Gasteiger partial charge < -0.3 is 15.2 Å². The predicted octanol–water partition coefficient (Wildman–Crippen LogP) is 3.22. The van der Waals surface area contributed by atoms with E-state index in [4.69, 9.17) is 15.2 Å². The van der Waals surface area contributed by atoms with Crippen molar-refractivity contribution >= 4 is 0 Å². The molecule has 0 aliphatic carbocycles. The monoisotopic (exact) mass is 265 g/mol. The summed E-state index contributed by atoms with van der Waals surface area (Å²) in [5, 5.41) is 0. The summed E-state index contributed by atoms with van der Waals surface area (Å²) in [6.45, 7) is 0.267. The standard InChI is InChI=1S/C14H13F2NO2/c1-18-10-3-2-9(8-17)14(7-10)19-11-4-5-12(15)13(16)6-11/h2-7H,8,17H2,1H3. The van der Waals surface area contributed by atoms with Crippen molar-refractivity contribution in [2.24, 2.45) is 5.73 Å². The number of nitrogens with two attached hydrogens (primary N) is 1. The largest absolute Gasteiger partial charge is 0.497 e. The van der Waals surface area contributed by atoms with Crippen LogP contribution >= 0.6 is 0 Å². The Morgan fingerprint density at radius 1 is 1.00 bits per heavy atom. The van der Waals surface area contributed by atoms with Crippen LogP contribution in [0.2, 0.25) is 0 Å². The minimum absolute atomic E-state index is 0.196. The number of ether oxygens (including phenoxy) is 2. The van der Waals surface area contributed by atoms with E-state index < -0.39 is 11.6 Å². The van der Waals surface area contributed by atoms with Crippen LogP contribution in [0.15, 0.2) is 36.4 Å². The molecule has 0 aliphatic rings. The Morgan fingerprint density at radius 3 is 2.37 bits per heavy atom. The minimum atomic E-state index is -0.963. The molecule has 19 heavy (non-hydrogen) atoms. The Hall–Kier alpha value is -2.14. The maximum atomic E-state index is 13.1. The fraction of sp³-hybridized carbons (Fsp3) is 0.143. The van der Waals surface area contributed by atoms with Gasteiger partial charge in [0.15, 0.2) is 11.6 Å². The summed E-state index contributed by atoms with van der Waals surface area (Å²) in [7, 11) is 1.53. The van der Waals surface area contributed by atoms with E-state index in [1.807, 2.05) is 0 Å². The summed E-state index contributed by atoms with van der Waals surface area (Å²) in [6, 6.07) is 8.48. The molecule has 3 nitrogen and oxygen atoms in total. The van der Waals surface area contributed by atoms with Gasteiger partial charge in [-0.3, -0.25) is 0 Å². The van der Waals surface area contributed by atoms with E-state index in [0.717, 1.165) is 17.7 Å². The zero-order valence-corrected chi connectivity index (χ0v) is 10.3. The minimum Gasteiger partial charge on any atom is -0.497 e. The number of hydrogen-bond acceptors (Lipinski definition) is 3. The normalized spacial score (nSPS) is 10.3. The Bertz CT molecular complexity index is 588. The predicted molar refractivity (Wildman–Crippen MR) is 67.3 cm³/mol. The quantitative estimate of drug-likeness (QED) is 0.923. The van der Waals surface area contributed by atoms with Crippen LogP contribution in [0.5, 0.6) is 17.2 Å². The summed E-state index contributed by atoms with van der Waals surface area (Å²) in [5.74, 6) is -0.642. The van der Waals surface area contributed by atoms with Crippen molar-refractivity contribution < 1.29 is 18.3 Å². The van der Waals surface area contributed by atoms with Crippen molar-refractivity contribution in [3.8, 4) is 17.2 Å². The highest BCUT2D eigenvalue weighted by Crippen LogP contribution is 2.29. The molecule has 0 saturated carbocycles. The average molecular weight is 265 g/mol. The first-order valence-corrected chi connectivity index (χ1v) is 5.64. The van der Waals surface area contributed by atoms with E-state index in [1.54, 1.807) is 18.2 Å². The van der Waals surface area contributed by atoms with Crippen molar-refractivity contribution in [1.82, 2.24) is 0 Å². The smallest absolute Gasteiger partial charge is 0.162 e. The number of methoxy groups -OCH3 is 1. The molecule has 0 radical (unpaired) electrons. The number of hydrogen-bond donors (Lipinski definition) is 1. The van der Waals surface area contributed by atoms with Crippen molar-refractivity contribution in [3.63, 3.8) is 0 Å². The zero-order chi connectivity index (χ0) is 13.8. The maximum Gasteiger partial charge on any atom is 0.162 e. The molecule has 5 heteroatoms. The molecule has 0 spiro atoms. The highest BCUT2D eigenvalue weighted by molar-refractivity contribution is 5.43. The summed E-state index contributed by atoms with van der Waals surface area (Å²) in [4.78, 5) is 0. The van der Waals surface area contributed by atoms with Gasteiger partial charge in [-0.2, -0.15) is 0 Å². The maximum absolute atomic E-state index is 13.1. The van der Waals surface area contributed by atoms with Crippen LogP contribution in [0.3, 0.4) is 0 Å². The van der Waals surface area contributed by atoms with Gasteiger partial charge >= 0.3 is 0 Å². The molecule has 0 atom stereocenters. The van der Waals surface area contributed by atoms with E-state index in [1.165, 1.54) is 13.2 Å². The van der Waals surface area contributed by atoms with Crippen molar-refractivity contribution in [2.45, 2.75) is 6.54 Å². The van der Waals surface area contributed by atoms with Crippen LogP contribution in [-0.4, -0.2) is 7.11 Å². The SMILES string of the molecule is COc1ccc(CN)c(Oc2ccc(F)c(F)c2)c1. The first kappa shape index (κ1) is 13.3. The third kappa shape index (κ3) is 3.00. The Labute approximate surface area is 109 Å². The van der Waals surface area contributed by atoms with Gasteiger partial charge in [0.2, 0.25) is 0 Å². The van der Waals surface area contributed by atoms with Crippen LogP contribution in [-0.2, 0) is 6.54 Å². The molecular weight excluding hydrogens is 252 g/mol. The fourth-order valence-corrected chi connectivity index (χ4v) is 1.59. The van der Waals surface area contributed by atoms with E-state index in [-0.39, 0.29) is 12.3 Å². The second kappa shape index (κ2) is 5.67. The zero-order valence-electron chi connectivity index (χ0n) is 10.3. The first-order valence-electron chi connectivity index (χ1n) is 5.64. The van der Waals surface area contributed by atoms with Crippen molar-refractivity contribution in [2.75, 3.05) is 7.11 Å². The Kier molecular flexibility index (Phi) is 3.97. The van der Waals surface area contributed by atoms with Crippen LogP contribution < -0.4 is 15.2 Å². The van der Waals surface area contributed by atoms with E-state index >= 15 is 0 Å². The van der Waals surface area contributed by atoms with E-state index in [9.17, 15) is 8.78 Å². The topological polar surface area (TPSA) is 44.5 Å². The molecule has 0 saturated heterocycles. The van der Waals surface area contributed by atoms with Gasteiger partial charge in [-0.1, -0.05) is 6.07 Å². The average Bonchev–Trinajstić information content (AvgIpc) is 2.43. The van der Waals surface area contributed by atoms with Gasteiger partial charge in [-0.15, -0.1) is 0 Å². The molecule has 0 fully saturated rings. The lowest BCUT2D eigenvalue weighted by atomic mass is 10.2. The molecule has 0 amide bonds. The van der Waals surface area contributed by atoms with Gasteiger partial charge in [-0.05, 0) is 18.2 Å². The van der Waals surface area contributed by atoms with Crippen molar-refractivity contribution in [1.29, 1.82) is 0 Å². The lowest BCUT2D eigenvalue weighted by Gasteiger charge is -2.11. The highest BCUT2D eigenvalue weighted by Gasteiger charge is 2.08. The fourth-order valence-electron chi connectivity index (χ4n) is 1.59. The molecule has 2 N–H and O–H groups in total. The third-order valence-electron chi connectivity index (χ3n) is 2.61. The van der Waals surface area contributed by atoms with Crippen LogP contribution in [0.4, 0.5) is 8.78 Å². The molecule has 0 heterocycles. The Morgan fingerprint density at radius 2 is 1.74 bits per heavy atom. The molecule has 0 bridgehead atoms. The van der Waals surface area contributed by atoms with Crippen LogP contribution in [0.1, 0.15) is 5.56 Å². The number of rotatable bonds is 4. The molecule has 2 rings (SSSR count). The van der Waals surface area contributed by atoms with Crippen LogP contribution in [0.25, 0.3) is 0 Å². The molecule has 0 aromatic heterocycles. The van der Waals surface area contributed by atoms with Gasteiger partial charge in [0.25, 0.3) is 0 Å². The molecule has 0 aliphatic heterocycles. The van der Waals surface area contributed by atoms with E-state index in [2.05, 4.69) is 0 Å². The third-order valence-corrected chi connectivity index (χ3v) is 2.61. The van der Waals surface area contributed by atoms with Gasteiger partial charge in [0.1, 0.15) is 17.2 Å². The molecule has 0 unspecified atom stereocenters. The first-order chi connectivity index (χ1) is 9.13. The second-order valence-electron chi connectivity index (χ2n) is 3.86. The number of halogens is 2. The van der Waals surface area contributed by atoms with Gasteiger partial charge in [0.05, 0.1) is 7.11 Å². The van der Waals surface area contributed by atoms with Gasteiger partial charge in [-0.25, -0.2) is 8.78 Å². The van der Waals surface area contributed by atoms with Gasteiger partial charge in [0, 0.05) is 24.2 Å². The summed E-state index contributed by atoms with van der Waals surface area (Å²) in [6.07, 6.45) is 0. The lowest BCUT2D eigenvalue weighted by Crippen LogP contribution is -2.00. The molecule has 2 aromatic rings. The molecule has 2 aromatic carbocycles. The molecule has 100 valence electrons. The highest BCUT2D eigenvalue weighted by atomic mass is 19.2. The number of benzene rings is 2. The summed E-state index contributed by atoms with van der Waals surface area (Å²) in [5.41, 5.74) is 6.34. The summed E-state index contributed by atoms with van der Waals surface area (Å²) < 4.78 is 36.5. The molecular formula is C14H13F2NO2. The van der Waals surface area contributed by atoms with Crippen molar-refractivity contribution in [3.05, 3.63) is 53.6 Å². The van der Waals surface area contributed by atoms with E-state index in [0.29, 0.717) is 11.5 Å². The summed E-state index contributed by atoms with van der Waals surface area (Å²) >= 11 is 0. The lowest BCUT2D eigenvalue weighted by molar-refractivity contribution is 0.407. The second-order valence-corrected chi connectivity index (χ2v) is 3.86. The van der Waals surface area contributed by atoms with Crippen LogP contribution in [0, 0.1) is 11.6 Å². The Balaban J connectivity index is 2.33.